The molecule has 78 valence electrons. The van der Waals surface area contributed by atoms with Gasteiger partial charge in [-0.2, -0.15) is 0 Å². The van der Waals surface area contributed by atoms with Crippen molar-refractivity contribution in [3.05, 3.63) is 35.6 Å². The van der Waals surface area contributed by atoms with E-state index >= 15 is 0 Å². The lowest BCUT2D eigenvalue weighted by molar-refractivity contribution is 0.362. The molecule has 1 unspecified atom stereocenters. The van der Waals surface area contributed by atoms with Crippen LogP contribution in [-0.2, 0) is 10.0 Å². The van der Waals surface area contributed by atoms with Crippen LogP contribution < -0.4 is 5.14 Å². The van der Waals surface area contributed by atoms with E-state index in [-0.39, 0.29) is 5.56 Å². The number of hydrogen-bond acceptors (Lipinski definition) is 2. The van der Waals surface area contributed by atoms with Crippen LogP contribution in [0, 0.1) is 5.82 Å². The highest BCUT2D eigenvalue weighted by Gasteiger charge is 2.19. The highest BCUT2D eigenvalue weighted by molar-refractivity contribution is 7.89. The van der Waals surface area contributed by atoms with Gasteiger partial charge in [-0.3, -0.25) is 0 Å². The number of nitrogens with two attached hydrogens (primary N) is 1. The molecule has 0 saturated carbocycles. The average molecular weight is 221 g/mol. The zero-order valence-electron chi connectivity index (χ0n) is 7.15. The summed E-state index contributed by atoms with van der Waals surface area (Å²) in [6, 6.07) is 5.06. The van der Waals surface area contributed by atoms with E-state index in [1.54, 1.807) is 0 Å². The van der Waals surface area contributed by atoms with Crippen molar-refractivity contribution in [2.45, 2.75) is 6.17 Å². The monoisotopic (exact) mass is 221 g/mol. The molecule has 0 aliphatic carbocycles. The summed E-state index contributed by atoms with van der Waals surface area (Å²) in [7, 11) is -3.93. The second kappa shape index (κ2) is 4.02. The third-order valence-corrected chi connectivity index (χ3v) is 2.38. The van der Waals surface area contributed by atoms with Gasteiger partial charge in [0, 0.05) is 5.56 Å². The maximum Gasteiger partial charge on any atom is 0.212 e. The van der Waals surface area contributed by atoms with Crippen LogP contribution >= 0.6 is 0 Å². The van der Waals surface area contributed by atoms with E-state index in [0.29, 0.717) is 0 Å². The fraction of sp³-hybridized carbons (Fsp3) is 0.250. The van der Waals surface area contributed by atoms with Crippen LogP contribution in [0.25, 0.3) is 0 Å². The molecule has 2 N–H and O–H groups in total. The highest BCUT2D eigenvalue weighted by atomic mass is 32.2. The maximum atomic E-state index is 13.2. The van der Waals surface area contributed by atoms with Gasteiger partial charge in [0.2, 0.25) is 10.0 Å². The van der Waals surface area contributed by atoms with Gasteiger partial charge in [-0.1, -0.05) is 18.2 Å². The van der Waals surface area contributed by atoms with Crippen LogP contribution in [0.4, 0.5) is 8.78 Å². The van der Waals surface area contributed by atoms with E-state index in [1.165, 1.54) is 18.2 Å². The molecule has 0 bridgehead atoms. The van der Waals surface area contributed by atoms with E-state index in [4.69, 9.17) is 0 Å². The summed E-state index contributed by atoms with van der Waals surface area (Å²) >= 11 is 0. The molecule has 0 amide bonds. The van der Waals surface area contributed by atoms with Gasteiger partial charge in [0.1, 0.15) is 12.0 Å². The van der Waals surface area contributed by atoms with Gasteiger partial charge in [0.05, 0.1) is 5.75 Å². The Bertz CT molecular complexity index is 419. The third-order valence-electron chi connectivity index (χ3n) is 1.62. The summed E-state index contributed by atoms with van der Waals surface area (Å²) in [5, 5.41) is 4.63. The zero-order chi connectivity index (χ0) is 10.8. The Balaban J connectivity index is 2.90. The predicted octanol–water partition coefficient (Wildman–Crippen LogP) is 1.12. The lowest BCUT2D eigenvalue weighted by Crippen LogP contribution is -2.20. The minimum absolute atomic E-state index is 0.290. The molecule has 1 aromatic carbocycles. The quantitative estimate of drug-likeness (QED) is 0.831. The Labute approximate surface area is 80.6 Å². The number of primary sulfonamides is 1. The topological polar surface area (TPSA) is 60.2 Å². The fourth-order valence-corrected chi connectivity index (χ4v) is 1.61. The standard InChI is InChI=1S/C8H9F2NO2S/c9-7-4-2-1-3-6(7)8(10)5-14(11,12)13/h1-4,8H,5H2,(H2,11,12,13). The van der Waals surface area contributed by atoms with E-state index < -0.39 is 27.8 Å². The Kier molecular flexibility index (Phi) is 3.17. The van der Waals surface area contributed by atoms with Crippen LogP contribution in [0.2, 0.25) is 0 Å². The number of rotatable bonds is 3. The molecule has 1 rings (SSSR count). The number of benzene rings is 1. The molecule has 14 heavy (non-hydrogen) atoms. The first-order chi connectivity index (χ1) is 6.40. The zero-order valence-corrected chi connectivity index (χ0v) is 7.97. The summed E-state index contributed by atoms with van der Waals surface area (Å²) in [6.45, 7) is 0. The number of alkyl halides is 1. The van der Waals surface area contributed by atoms with Crippen molar-refractivity contribution in [3.63, 3.8) is 0 Å². The number of halogens is 2. The molecule has 0 spiro atoms. The molecule has 1 atom stereocenters. The van der Waals surface area contributed by atoms with Crippen LogP contribution in [0.3, 0.4) is 0 Å². The first kappa shape index (κ1) is 11.1. The minimum atomic E-state index is -3.93. The third kappa shape index (κ3) is 3.04. The second-order valence-corrected chi connectivity index (χ2v) is 4.48. The molecule has 0 heterocycles. The molecule has 3 nitrogen and oxygen atoms in total. The van der Waals surface area contributed by atoms with Gasteiger partial charge >= 0.3 is 0 Å². The van der Waals surface area contributed by atoms with Crippen molar-refractivity contribution in [2.75, 3.05) is 5.75 Å². The van der Waals surface area contributed by atoms with Crippen LogP contribution in [0.1, 0.15) is 11.7 Å². The smallest absolute Gasteiger partial charge is 0.212 e. The van der Waals surface area contributed by atoms with Gasteiger partial charge in [-0.25, -0.2) is 22.3 Å². The second-order valence-electron chi connectivity index (χ2n) is 2.82. The molecule has 0 aliphatic heterocycles. The summed E-state index contributed by atoms with van der Waals surface area (Å²) in [5.74, 6) is -1.68. The molecular weight excluding hydrogens is 212 g/mol. The fourth-order valence-electron chi connectivity index (χ4n) is 1.02. The van der Waals surface area contributed by atoms with Crippen LogP contribution in [0.5, 0.6) is 0 Å². The Morgan fingerprint density at radius 1 is 1.36 bits per heavy atom. The van der Waals surface area contributed by atoms with E-state index in [1.807, 2.05) is 0 Å². The van der Waals surface area contributed by atoms with Crippen molar-refractivity contribution in [1.82, 2.24) is 0 Å². The molecule has 0 aromatic heterocycles. The van der Waals surface area contributed by atoms with E-state index in [0.717, 1.165) is 6.07 Å². The van der Waals surface area contributed by atoms with Crippen molar-refractivity contribution in [3.8, 4) is 0 Å². The molecule has 6 heteroatoms. The van der Waals surface area contributed by atoms with Crippen molar-refractivity contribution in [2.24, 2.45) is 5.14 Å². The van der Waals surface area contributed by atoms with Gasteiger partial charge in [-0.15, -0.1) is 0 Å². The van der Waals surface area contributed by atoms with Crippen LogP contribution in [-0.4, -0.2) is 14.2 Å². The summed E-state index contributed by atoms with van der Waals surface area (Å²) < 4.78 is 47.2. The molecule has 0 radical (unpaired) electrons. The van der Waals surface area contributed by atoms with Gasteiger partial charge in [0.15, 0.2) is 0 Å². The summed E-state index contributed by atoms with van der Waals surface area (Å²) in [5.41, 5.74) is -0.290. The minimum Gasteiger partial charge on any atom is -0.241 e. The lowest BCUT2D eigenvalue weighted by Gasteiger charge is -2.07. The molecule has 0 aliphatic rings. The molecule has 1 aromatic rings. The SMILES string of the molecule is NS(=O)(=O)CC(F)c1ccccc1F. The number of sulfonamides is 1. The Morgan fingerprint density at radius 2 is 1.93 bits per heavy atom. The van der Waals surface area contributed by atoms with E-state index in [2.05, 4.69) is 5.14 Å². The predicted molar refractivity (Wildman–Crippen MR) is 48.2 cm³/mol. The van der Waals surface area contributed by atoms with Crippen molar-refractivity contribution >= 4 is 10.0 Å². The average Bonchev–Trinajstić information content (AvgIpc) is 2.01. The molecular formula is C8H9F2NO2S. The lowest BCUT2D eigenvalue weighted by atomic mass is 10.1. The number of hydrogen-bond donors (Lipinski definition) is 1. The van der Waals surface area contributed by atoms with Gasteiger partial charge in [0.25, 0.3) is 0 Å². The highest BCUT2D eigenvalue weighted by Crippen LogP contribution is 2.21. The largest absolute Gasteiger partial charge is 0.241 e. The van der Waals surface area contributed by atoms with Crippen LogP contribution in [0.15, 0.2) is 24.3 Å². The normalized spacial score (nSPS) is 13.9. The molecule has 0 saturated heterocycles. The molecule has 0 fully saturated rings. The first-order valence-electron chi connectivity index (χ1n) is 3.79. The van der Waals surface area contributed by atoms with Crippen molar-refractivity contribution < 1.29 is 17.2 Å². The van der Waals surface area contributed by atoms with Gasteiger partial charge < -0.3 is 0 Å². The van der Waals surface area contributed by atoms with Crippen molar-refractivity contribution in [1.29, 1.82) is 0 Å². The Hall–Kier alpha value is -1.01. The van der Waals surface area contributed by atoms with Gasteiger partial charge in [-0.05, 0) is 6.07 Å². The van der Waals surface area contributed by atoms with E-state index in [9.17, 15) is 17.2 Å². The maximum absolute atomic E-state index is 13.2. The first-order valence-corrected chi connectivity index (χ1v) is 5.50. The summed E-state index contributed by atoms with van der Waals surface area (Å²) in [4.78, 5) is 0. The Morgan fingerprint density at radius 3 is 2.43 bits per heavy atom. The summed E-state index contributed by atoms with van der Waals surface area (Å²) in [6.07, 6.45) is -1.92.